The summed E-state index contributed by atoms with van der Waals surface area (Å²) in [7, 11) is 0. The van der Waals surface area contributed by atoms with Gasteiger partial charge in [0.15, 0.2) is 0 Å². The summed E-state index contributed by atoms with van der Waals surface area (Å²) in [4.78, 5) is 16.1. The van der Waals surface area contributed by atoms with Crippen molar-refractivity contribution in [2.45, 2.75) is 0 Å². The molecule has 0 aliphatic carbocycles. The predicted octanol–water partition coefficient (Wildman–Crippen LogP) is 8.55. The summed E-state index contributed by atoms with van der Waals surface area (Å²) in [5.74, 6) is 0. The molecule has 0 amide bonds. The molecule has 5 heterocycles. The van der Waals surface area contributed by atoms with E-state index in [4.69, 9.17) is 4.98 Å². The molecule has 0 radical (unpaired) electrons. The van der Waals surface area contributed by atoms with E-state index >= 15 is 0 Å². The van der Waals surface area contributed by atoms with E-state index < -0.39 is 0 Å². The lowest BCUT2D eigenvalue weighted by Gasteiger charge is -2.27. The number of hydrogen-bond acceptors (Lipinski definition) is 4. The lowest BCUT2D eigenvalue weighted by molar-refractivity contribution is 1.20. The van der Waals surface area contributed by atoms with Crippen molar-refractivity contribution in [3.63, 3.8) is 0 Å². The smallest absolute Gasteiger partial charge is 0.0985 e. The van der Waals surface area contributed by atoms with E-state index in [9.17, 15) is 0 Å². The Labute approximate surface area is 229 Å². The molecule has 9 rings (SSSR count). The van der Waals surface area contributed by atoms with E-state index in [-0.39, 0.29) is 0 Å². The molecule has 1 aliphatic rings. The Morgan fingerprint density at radius 2 is 1.40 bits per heavy atom. The summed E-state index contributed by atoms with van der Waals surface area (Å²) in [5, 5.41) is 7.09. The van der Waals surface area contributed by atoms with Crippen molar-refractivity contribution in [2.75, 3.05) is 4.90 Å². The SMILES string of the molecule is C1=CN(c2cccnc2)c2cccc3cc4c(c1c23)c1ccccc1n4-c1cc2cccnc2c2ncccc12. The molecule has 0 saturated carbocycles. The van der Waals surface area contributed by atoms with E-state index in [2.05, 4.69) is 105 Å². The van der Waals surface area contributed by atoms with E-state index in [0.29, 0.717) is 0 Å². The molecule has 5 nitrogen and oxygen atoms in total. The van der Waals surface area contributed by atoms with Gasteiger partial charge in [-0.15, -0.1) is 0 Å². The van der Waals surface area contributed by atoms with Crippen molar-refractivity contribution >= 4 is 71.8 Å². The number of fused-ring (bicyclic) bond motifs is 7. The quantitative estimate of drug-likeness (QED) is 0.218. The Kier molecular flexibility index (Phi) is 4.27. The van der Waals surface area contributed by atoms with Gasteiger partial charge in [-0.3, -0.25) is 15.0 Å². The number of pyridine rings is 3. The maximum absolute atomic E-state index is 4.78. The Hall–Kier alpha value is -5.55. The minimum atomic E-state index is 0.915. The Morgan fingerprint density at radius 3 is 2.33 bits per heavy atom. The van der Waals surface area contributed by atoms with Gasteiger partial charge in [-0.2, -0.15) is 0 Å². The molecule has 8 aromatic rings. The molecular weight excluding hydrogens is 490 g/mol. The van der Waals surface area contributed by atoms with Gasteiger partial charge in [0.25, 0.3) is 0 Å². The van der Waals surface area contributed by atoms with Gasteiger partial charge in [0, 0.05) is 51.7 Å². The highest BCUT2D eigenvalue weighted by molar-refractivity contribution is 6.22. The third-order valence-corrected chi connectivity index (χ3v) is 8.07. The van der Waals surface area contributed by atoms with E-state index in [1.807, 2.05) is 43.0 Å². The highest BCUT2D eigenvalue weighted by Gasteiger charge is 2.23. The molecule has 0 N–H and O–H groups in total. The van der Waals surface area contributed by atoms with E-state index in [1.165, 1.54) is 38.1 Å². The number of para-hydroxylation sites is 1. The molecule has 0 unspecified atom stereocenters. The normalized spacial score (nSPS) is 12.8. The third-order valence-electron chi connectivity index (χ3n) is 8.07. The van der Waals surface area contributed by atoms with Crippen LogP contribution in [0.4, 0.5) is 11.4 Å². The summed E-state index contributed by atoms with van der Waals surface area (Å²) in [6.07, 6.45) is 11.8. The second-order valence-electron chi connectivity index (χ2n) is 10.2. The van der Waals surface area contributed by atoms with Gasteiger partial charge in [0.2, 0.25) is 0 Å². The molecule has 0 atom stereocenters. The summed E-state index contributed by atoms with van der Waals surface area (Å²) >= 11 is 0. The van der Waals surface area contributed by atoms with Crippen LogP contribution in [0, 0.1) is 0 Å². The van der Waals surface area contributed by atoms with E-state index in [0.717, 1.165) is 38.9 Å². The van der Waals surface area contributed by atoms with Gasteiger partial charge in [0.05, 0.1) is 45.3 Å². The van der Waals surface area contributed by atoms with Crippen LogP contribution in [0.1, 0.15) is 5.56 Å². The molecule has 0 saturated heterocycles. The standard InChI is InChI=1S/C35H21N5/c1-2-12-28-25(10-1)33-27-14-18-39(24-9-5-15-36-21-24)29-13-3-7-22(32(27)29)19-31(33)40(28)30-20-23-8-4-16-37-34(23)35-26(30)11-6-17-38-35/h1-21H. The van der Waals surface area contributed by atoms with Gasteiger partial charge in [-0.25, -0.2) is 0 Å². The summed E-state index contributed by atoms with van der Waals surface area (Å²) < 4.78 is 2.41. The first-order valence-corrected chi connectivity index (χ1v) is 13.4. The molecule has 5 heteroatoms. The van der Waals surface area contributed by atoms with Crippen LogP contribution in [0.2, 0.25) is 0 Å². The van der Waals surface area contributed by atoms with Crippen LogP contribution in [-0.2, 0) is 0 Å². The van der Waals surface area contributed by atoms with Crippen molar-refractivity contribution in [3.8, 4) is 5.69 Å². The van der Waals surface area contributed by atoms with Gasteiger partial charge < -0.3 is 9.47 Å². The van der Waals surface area contributed by atoms with Gasteiger partial charge in [-0.1, -0.05) is 36.4 Å². The number of nitrogens with zero attached hydrogens (tertiary/aromatic N) is 5. The van der Waals surface area contributed by atoms with Gasteiger partial charge in [-0.05, 0) is 71.6 Å². The third kappa shape index (κ3) is 2.83. The van der Waals surface area contributed by atoms with E-state index in [1.54, 1.807) is 0 Å². The topological polar surface area (TPSA) is 46.8 Å². The molecule has 40 heavy (non-hydrogen) atoms. The second kappa shape index (κ2) is 7.98. The van der Waals surface area contributed by atoms with Crippen LogP contribution in [-0.4, -0.2) is 19.5 Å². The zero-order chi connectivity index (χ0) is 26.2. The van der Waals surface area contributed by atoms with Gasteiger partial charge >= 0.3 is 0 Å². The molecule has 0 fully saturated rings. The van der Waals surface area contributed by atoms with Crippen molar-refractivity contribution in [3.05, 3.63) is 128 Å². The first-order valence-electron chi connectivity index (χ1n) is 13.4. The summed E-state index contributed by atoms with van der Waals surface area (Å²) in [6.45, 7) is 0. The lowest BCUT2D eigenvalue weighted by Crippen LogP contribution is -2.12. The Morgan fingerprint density at radius 1 is 0.575 bits per heavy atom. The lowest BCUT2D eigenvalue weighted by atomic mass is 9.94. The second-order valence-corrected chi connectivity index (χ2v) is 10.2. The van der Waals surface area contributed by atoms with Crippen LogP contribution >= 0.6 is 0 Å². The average molecular weight is 512 g/mol. The highest BCUT2D eigenvalue weighted by atomic mass is 15.1. The highest BCUT2D eigenvalue weighted by Crippen LogP contribution is 2.46. The number of benzene rings is 4. The maximum atomic E-state index is 4.78. The van der Waals surface area contributed by atoms with Gasteiger partial charge in [0.1, 0.15) is 0 Å². The zero-order valence-corrected chi connectivity index (χ0v) is 21.4. The minimum absolute atomic E-state index is 0.915. The summed E-state index contributed by atoms with van der Waals surface area (Å²) in [6, 6.07) is 32.2. The maximum Gasteiger partial charge on any atom is 0.0985 e. The van der Waals surface area contributed by atoms with Crippen LogP contribution in [0.3, 0.4) is 0 Å². The molecule has 0 bridgehead atoms. The first-order chi connectivity index (χ1) is 19.9. The van der Waals surface area contributed by atoms with Crippen molar-refractivity contribution in [1.82, 2.24) is 19.5 Å². The monoisotopic (exact) mass is 511 g/mol. The minimum Gasteiger partial charge on any atom is -0.315 e. The van der Waals surface area contributed by atoms with Crippen molar-refractivity contribution in [1.29, 1.82) is 0 Å². The number of anilines is 2. The molecular formula is C35H21N5. The van der Waals surface area contributed by atoms with Crippen LogP contribution < -0.4 is 4.90 Å². The molecule has 0 spiro atoms. The number of hydrogen-bond donors (Lipinski definition) is 0. The average Bonchev–Trinajstić information content (AvgIpc) is 3.35. The fourth-order valence-corrected chi connectivity index (χ4v) is 6.44. The Balaban J connectivity index is 1.44. The fourth-order valence-electron chi connectivity index (χ4n) is 6.44. The van der Waals surface area contributed by atoms with Crippen molar-refractivity contribution in [2.24, 2.45) is 0 Å². The molecule has 4 aromatic heterocycles. The van der Waals surface area contributed by atoms with Crippen LogP contribution in [0.25, 0.3) is 66.1 Å². The van der Waals surface area contributed by atoms with Crippen molar-refractivity contribution < 1.29 is 0 Å². The van der Waals surface area contributed by atoms with Crippen LogP contribution in [0.5, 0.6) is 0 Å². The zero-order valence-electron chi connectivity index (χ0n) is 21.4. The molecule has 186 valence electrons. The predicted molar refractivity (Wildman–Crippen MR) is 164 cm³/mol. The largest absolute Gasteiger partial charge is 0.315 e. The Bertz CT molecular complexity index is 2330. The molecule has 1 aliphatic heterocycles. The summed E-state index contributed by atoms with van der Waals surface area (Å²) in [5.41, 5.74) is 8.73. The number of rotatable bonds is 2. The fraction of sp³-hybridized carbons (Fsp3) is 0. The molecule has 4 aromatic carbocycles. The first kappa shape index (κ1) is 21.4. The number of aromatic nitrogens is 4. The van der Waals surface area contributed by atoms with Crippen LogP contribution in [0.15, 0.2) is 122 Å².